The van der Waals surface area contributed by atoms with E-state index in [2.05, 4.69) is 0 Å². The number of fused-ring (bicyclic) bond motifs is 1. The molecule has 0 amide bonds. The van der Waals surface area contributed by atoms with Gasteiger partial charge in [-0.05, 0) is 35.4 Å². The highest BCUT2D eigenvalue weighted by atomic mass is 19.4. The Hall–Kier alpha value is -3.94. The van der Waals surface area contributed by atoms with E-state index in [1.165, 1.54) is 50.6 Å². The molecule has 1 heterocycles. The third-order valence-electron chi connectivity index (χ3n) is 5.30. The standard InChI is InChI=1S/C26H21F3O5/c1-31-20-11-8-17(14-22(20)32-2)23-24(30)19-10-9-18(15-21(19)34-25(23)26(27,28)29)33-13-12-16-6-4-3-5-7-16/h3-11,14-15H,12-13H2,1-2H3. The third kappa shape index (κ3) is 4.71. The second kappa shape index (κ2) is 9.51. The largest absolute Gasteiger partial charge is 0.493 e. The first kappa shape index (κ1) is 23.2. The Labute approximate surface area is 193 Å². The average Bonchev–Trinajstić information content (AvgIpc) is 2.83. The zero-order chi connectivity index (χ0) is 24.3. The van der Waals surface area contributed by atoms with Crippen molar-refractivity contribution < 1.29 is 31.8 Å². The number of rotatable bonds is 7. The van der Waals surface area contributed by atoms with Gasteiger partial charge in [-0.2, -0.15) is 13.2 Å². The molecule has 0 radical (unpaired) electrons. The smallest absolute Gasteiger partial charge is 0.450 e. The van der Waals surface area contributed by atoms with E-state index in [0.717, 1.165) is 5.56 Å². The van der Waals surface area contributed by atoms with Gasteiger partial charge in [0.25, 0.3) is 0 Å². The van der Waals surface area contributed by atoms with Crippen LogP contribution < -0.4 is 19.6 Å². The van der Waals surface area contributed by atoms with Crippen LogP contribution in [-0.2, 0) is 12.6 Å². The van der Waals surface area contributed by atoms with E-state index < -0.39 is 22.9 Å². The van der Waals surface area contributed by atoms with Gasteiger partial charge >= 0.3 is 6.18 Å². The molecule has 4 aromatic rings. The lowest BCUT2D eigenvalue weighted by Crippen LogP contribution is -2.16. The molecule has 0 atom stereocenters. The number of benzene rings is 3. The number of methoxy groups -OCH3 is 2. The summed E-state index contributed by atoms with van der Waals surface area (Å²) in [6.45, 7) is 0.315. The molecule has 0 aliphatic carbocycles. The molecule has 1 aromatic heterocycles. The van der Waals surface area contributed by atoms with Crippen molar-refractivity contribution in [3.8, 4) is 28.4 Å². The molecule has 0 aliphatic rings. The fourth-order valence-corrected chi connectivity index (χ4v) is 3.65. The number of hydrogen-bond acceptors (Lipinski definition) is 5. The van der Waals surface area contributed by atoms with Crippen molar-refractivity contribution in [2.75, 3.05) is 20.8 Å². The average molecular weight is 470 g/mol. The van der Waals surface area contributed by atoms with Gasteiger partial charge in [-0.1, -0.05) is 36.4 Å². The van der Waals surface area contributed by atoms with Gasteiger partial charge in [-0.3, -0.25) is 4.79 Å². The molecule has 0 N–H and O–H groups in total. The van der Waals surface area contributed by atoms with Crippen molar-refractivity contribution in [3.05, 3.63) is 88.3 Å². The van der Waals surface area contributed by atoms with E-state index in [1.807, 2.05) is 30.3 Å². The lowest BCUT2D eigenvalue weighted by molar-refractivity contribution is -0.152. The molecule has 0 saturated heterocycles. The normalized spacial score (nSPS) is 11.4. The summed E-state index contributed by atoms with van der Waals surface area (Å²) in [5, 5.41) is 0.00759. The molecule has 34 heavy (non-hydrogen) atoms. The van der Waals surface area contributed by atoms with Crippen LogP contribution in [0, 0.1) is 0 Å². The van der Waals surface area contributed by atoms with Crippen LogP contribution >= 0.6 is 0 Å². The van der Waals surface area contributed by atoms with Gasteiger partial charge in [0.1, 0.15) is 11.3 Å². The van der Waals surface area contributed by atoms with Crippen molar-refractivity contribution in [1.82, 2.24) is 0 Å². The quantitative estimate of drug-likeness (QED) is 0.326. The van der Waals surface area contributed by atoms with E-state index in [4.69, 9.17) is 18.6 Å². The highest BCUT2D eigenvalue weighted by Gasteiger charge is 2.39. The predicted molar refractivity (Wildman–Crippen MR) is 122 cm³/mol. The van der Waals surface area contributed by atoms with Crippen LogP contribution in [0.2, 0.25) is 0 Å². The third-order valence-corrected chi connectivity index (χ3v) is 5.30. The molecule has 8 heteroatoms. The Kier molecular flexibility index (Phi) is 6.49. The van der Waals surface area contributed by atoms with E-state index in [-0.39, 0.29) is 22.3 Å². The first-order chi connectivity index (χ1) is 16.3. The molecule has 4 rings (SSSR count). The van der Waals surface area contributed by atoms with Crippen LogP contribution in [0.15, 0.2) is 75.9 Å². The molecular formula is C26H21F3O5. The zero-order valence-corrected chi connectivity index (χ0v) is 18.4. The maximum absolute atomic E-state index is 13.9. The molecule has 0 aliphatic heterocycles. The summed E-state index contributed by atoms with van der Waals surface area (Å²) in [6, 6.07) is 18.0. The van der Waals surface area contributed by atoms with Crippen LogP contribution in [0.1, 0.15) is 11.3 Å². The topological polar surface area (TPSA) is 57.9 Å². The highest BCUT2D eigenvalue weighted by molar-refractivity contribution is 5.84. The number of ether oxygens (including phenoxy) is 3. The van der Waals surface area contributed by atoms with Crippen molar-refractivity contribution in [1.29, 1.82) is 0 Å². The summed E-state index contributed by atoms with van der Waals surface area (Å²) in [6.07, 6.45) is -4.28. The van der Waals surface area contributed by atoms with E-state index >= 15 is 0 Å². The maximum atomic E-state index is 13.9. The van der Waals surface area contributed by atoms with Crippen LogP contribution in [0.4, 0.5) is 13.2 Å². The van der Waals surface area contributed by atoms with Gasteiger partial charge in [-0.25, -0.2) is 0 Å². The summed E-state index contributed by atoms with van der Waals surface area (Å²) in [7, 11) is 2.76. The Morgan fingerprint density at radius 1 is 0.882 bits per heavy atom. The first-order valence-electron chi connectivity index (χ1n) is 10.4. The Morgan fingerprint density at radius 2 is 1.62 bits per heavy atom. The van der Waals surface area contributed by atoms with E-state index in [9.17, 15) is 18.0 Å². The van der Waals surface area contributed by atoms with Gasteiger partial charge in [0.15, 0.2) is 11.5 Å². The summed E-state index contributed by atoms with van der Waals surface area (Å²) >= 11 is 0. The van der Waals surface area contributed by atoms with Crippen molar-refractivity contribution in [2.45, 2.75) is 12.6 Å². The minimum absolute atomic E-state index is 0.00353. The molecular weight excluding hydrogens is 449 g/mol. The molecule has 3 aromatic carbocycles. The second-order valence-electron chi connectivity index (χ2n) is 7.44. The predicted octanol–water partition coefficient (Wildman–Crippen LogP) is 6.12. The van der Waals surface area contributed by atoms with Crippen LogP contribution in [0.5, 0.6) is 17.2 Å². The van der Waals surface area contributed by atoms with Crippen LogP contribution in [0.25, 0.3) is 22.1 Å². The van der Waals surface area contributed by atoms with Crippen molar-refractivity contribution in [3.63, 3.8) is 0 Å². The van der Waals surface area contributed by atoms with E-state index in [1.54, 1.807) is 0 Å². The second-order valence-corrected chi connectivity index (χ2v) is 7.44. The van der Waals surface area contributed by atoms with Gasteiger partial charge in [0.2, 0.25) is 11.2 Å². The number of hydrogen-bond donors (Lipinski definition) is 0. The van der Waals surface area contributed by atoms with Crippen molar-refractivity contribution >= 4 is 11.0 Å². The Balaban J connectivity index is 1.75. The monoisotopic (exact) mass is 470 g/mol. The minimum Gasteiger partial charge on any atom is -0.493 e. The Morgan fingerprint density at radius 3 is 2.29 bits per heavy atom. The van der Waals surface area contributed by atoms with Crippen molar-refractivity contribution in [2.24, 2.45) is 0 Å². The minimum atomic E-state index is -4.90. The molecule has 0 saturated carbocycles. The molecule has 5 nitrogen and oxygen atoms in total. The first-order valence-corrected chi connectivity index (χ1v) is 10.4. The van der Waals surface area contributed by atoms with Gasteiger partial charge < -0.3 is 18.6 Å². The summed E-state index contributed by atoms with van der Waals surface area (Å²) in [5.74, 6) is -0.575. The lowest BCUT2D eigenvalue weighted by atomic mass is 10.0. The fourth-order valence-electron chi connectivity index (χ4n) is 3.65. The zero-order valence-electron chi connectivity index (χ0n) is 18.4. The summed E-state index contributed by atoms with van der Waals surface area (Å²) < 4.78 is 63.1. The lowest BCUT2D eigenvalue weighted by Gasteiger charge is -2.15. The summed E-state index contributed by atoms with van der Waals surface area (Å²) in [5.41, 5.74) is -0.549. The van der Waals surface area contributed by atoms with Gasteiger partial charge in [0.05, 0.1) is 31.8 Å². The number of alkyl halides is 3. The van der Waals surface area contributed by atoms with Gasteiger partial charge in [0, 0.05) is 12.5 Å². The molecule has 0 unspecified atom stereocenters. The highest BCUT2D eigenvalue weighted by Crippen LogP contribution is 2.40. The SMILES string of the molecule is COc1ccc(-c2c(C(F)(F)F)oc3cc(OCCc4ccccc4)ccc3c2=O)cc1OC. The summed E-state index contributed by atoms with van der Waals surface area (Å²) in [4.78, 5) is 13.2. The molecule has 0 bridgehead atoms. The van der Waals surface area contributed by atoms with E-state index in [0.29, 0.717) is 24.5 Å². The Bertz CT molecular complexity index is 1360. The van der Waals surface area contributed by atoms with Crippen LogP contribution in [-0.4, -0.2) is 20.8 Å². The number of halogens is 3. The van der Waals surface area contributed by atoms with Gasteiger partial charge in [-0.15, -0.1) is 0 Å². The maximum Gasteiger partial charge on any atom is 0.450 e. The molecule has 0 fully saturated rings. The molecule has 0 spiro atoms. The molecule has 176 valence electrons. The van der Waals surface area contributed by atoms with Crippen LogP contribution in [0.3, 0.4) is 0 Å². The fraction of sp³-hybridized carbons (Fsp3) is 0.192.